The lowest BCUT2D eigenvalue weighted by molar-refractivity contribution is -0.183. The van der Waals surface area contributed by atoms with Gasteiger partial charge in [0.1, 0.15) is 0 Å². The maximum absolute atomic E-state index is 13.0. The van der Waals surface area contributed by atoms with Crippen molar-refractivity contribution in [1.29, 1.82) is 0 Å². The Bertz CT molecular complexity index is 1290. The quantitative estimate of drug-likeness (QED) is 0.260. The molecular weight excluding hydrogens is 470 g/mol. The van der Waals surface area contributed by atoms with Crippen LogP contribution in [0.2, 0.25) is 5.02 Å². The zero-order valence-corrected chi connectivity index (χ0v) is 21.8. The van der Waals surface area contributed by atoms with Crippen LogP contribution in [0.3, 0.4) is 0 Å². The van der Waals surface area contributed by atoms with Crippen LogP contribution in [-0.4, -0.2) is 17.8 Å². The Labute approximate surface area is 218 Å². The van der Waals surface area contributed by atoms with Crippen molar-refractivity contribution in [3.05, 3.63) is 119 Å². The number of rotatable bonds is 5. The molecule has 0 radical (unpaired) electrons. The zero-order valence-electron chi connectivity index (χ0n) is 21.1. The van der Waals surface area contributed by atoms with Gasteiger partial charge in [0.15, 0.2) is 6.29 Å². The average molecular weight is 504 g/mol. The highest BCUT2D eigenvalue weighted by atomic mass is 35.5. The van der Waals surface area contributed by atoms with Gasteiger partial charge in [-0.1, -0.05) is 67.9 Å². The van der Waals surface area contributed by atoms with Crippen LogP contribution < -0.4 is 5.56 Å². The molecule has 2 heterocycles. The summed E-state index contributed by atoms with van der Waals surface area (Å²) in [5, 5.41) is 2.38. The van der Waals surface area contributed by atoms with Gasteiger partial charge in [0.05, 0.1) is 13.2 Å². The molecule has 3 aromatic carbocycles. The molecule has 0 unspecified atom stereocenters. The summed E-state index contributed by atoms with van der Waals surface area (Å²) >= 11 is 5.99. The Morgan fingerprint density at radius 1 is 0.889 bits per heavy atom. The zero-order chi connectivity index (χ0) is 25.9. The number of halogens is 1. The summed E-state index contributed by atoms with van der Waals surface area (Å²) in [6.07, 6.45) is 3.34. The van der Waals surface area contributed by atoms with Crippen LogP contribution >= 0.6 is 11.6 Å². The molecule has 5 rings (SSSR count). The summed E-state index contributed by atoms with van der Waals surface area (Å²) in [5.41, 5.74) is 4.39. The van der Waals surface area contributed by atoms with Crippen molar-refractivity contribution in [2.45, 2.75) is 39.5 Å². The number of benzene rings is 3. The molecule has 1 aromatic heterocycles. The fourth-order valence-electron chi connectivity index (χ4n) is 4.06. The number of aromatic nitrogens is 1. The average Bonchev–Trinajstić information content (AvgIpc) is 2.96. The van der Waals surface area contributed by atoms with Gasteiger partial charge in [-0.25, -0.2) is 0 Å². The topological polar surface area (TPSA) is 40.5 Å². The molecule has 1 fully saturated rings. The lowest BCUT2D eigenvalue weighted by atomic mass is 10.0. The first-order chi connectivity index (χ1) is 17.7. The molecule has 1 saturated heterocycles. The molecule has 0 spiro atoms. The van der Waals surface area contributed by atoms with Crippen LogP contribution in [0, 0.1) is 0 Å². The molecule has 5 heteroatoms. The van der Waals surface area contributed by atoms with Crippen LogP contribution in [0.4, 0.5) is 0 Å². The molecule has 1 aliphatic rings. The van der Waals surface area contributed by atoms with E-state index >= 15 is 0 Å². The van der Waals surface area contributed by atoms with Crippen LogP contribution in [0.1, 0.15) is 37.7 Å². The molecular formula is C31H34ClNO3. The number of aryl methyl sites for hydroxylation is 2. The van der Waals surface area contributed by atoms with E-state index < -0.39 is 0 Å². The third-order valence-electron chi connectivity index (χ3n) is 5.87. The SMILES string of the molecule is C=C.CC.O=c1c2ccc(-c3ccc(Cl)cc3)cc2ccn1CCc1ccc(C2OCCCO2)cc1. The number of hydrogen-bond donors (Lipinski definition) is 0. The highest BCUT2D eigenvalue weighted by molar-refractivity contribution is 6.30. The van der Waals surface area contributed by atoms with Crippen LogP contribution in [0.15, 0.2) is 96.9 Å². The van der Waals surface area contributed by atoms with Crippen LogP contribution in [0.25, 0.3) is 21.9 Å². The van der Waals surface area contributed by atoms with Gasteiger partial charge in [-0.2, -0.15) is 0 Å². The van der Waals surface area contributed by atoms with Gasteiger partial charge in [0.2, 0.25) is 0 Å². The van der Waals surface area contributed by atoms with Gasteiger partial charge < -0.3 is 14.0 Å². The Morgan fingerprint density at radius 3 is 2.19 bits per heavy atom. The molecule has 36 heavy (non-hydrogen) atoms. The molecule has 0 bridgehead atoms. The summed E-state index contributed by atoms with van der Waals surface area (Å²) in [5.74, 6) is 0. The summed E-state index contributed by atoms with van der Waals surface area (Å²) in [6, 6.07) is 24.0. The first-order valence-corrected chi connectivity index (χ1v) is 12.8. The lowest BCUT2D eigenvalue weighted by Crippen LogP contribution is -2.20. The molecule has 0 aliphatic carbocycles. The van der Waals surface area contributed by atoms with Gasteiger partial charge in [-0.15, -0.1) is 13.2 Å². The minimum atomic E-state index is -0.265. The minimum Gasteiger partial charge on any atom is -0.348 e. The fourth-order valence-corrected chi connectivity index (χ4v) is 4.18. The van der Waals surface area contributed by atoms with Crippen molar-refractivity contribution in [2.75, 3.05) is 13.2 Å². The van der Waals surface area contributed by atoms with Crippen LogP contribution in [-0.2, 0) is 22.4 Å². The van der Waals surface area contributed by atoms with Crippen molar-refractivity contribution in [2.24, 2.45) is 0 Å². The van der Waals surface area contributed by atoms with Crippen molar-refractivity contribution in [3.63, 3.8) is 0 Å². The standard InChI is InChI=1S/C27H24ClNO3.C2H6.C2H4/c28-24-9-6-20(7-10-24)22-8-11-25-23(18-22)13-15-29(26(25)30)14-12-19-2-4-21(5-3-19)27-31-16-1-17-32-27;2*1-2/h2-11,13,15,18,27H,1,12,14,16-17H2;1-2H3;1-2H2. The molecule has 0 atom stereocenters. The van der Waals surface area contributed by atoms with E-state index in [4.69, 9.17) is 21.1 Å². The van der Waals surface area contributed by atoms with E-state index in [2.05, 4.69) is 31.4 Å². The summed E-state index contributed by atoms with van der Waals surface area (Å²) in [6.45, 7) is 12.1. The van der Waals surface area contributed by atoms with Crippen molar-refractivity contribution >= 4 is 22.4 Å². The lowest BCUT2D eigenvalue weighted by Gasteiger charge is -2.23. The number of nitrogens with zero attached hydrogens (tertiary/aromatic N) is 1. The Morgan fingerprint density at radius 2 is 1.53 bits per heavy atom. The normalized spacial score (nSPS) is 13.3. The summed E-state index contributed by atoms with van der Waals surface area (Å²) in [4.78, 5) is 13.0. The molecule has 4 nitrogen and oxygen atoms in total. The Kier molecular flexibility index (Phi) is 10.5. The molecule has 4 aromatic rings. The highest BCUT2D eigenvalue weighted by Gasteiger charge is 2.16. The van der Waals surface area contributed by atoms with Gasteiger partial charge >= 0.3 is 0 Å². The number of pyridine rings is 1. The van der Waals surface area contributed by atoms with E-state index in [9.17, 15) is 4.79 Å². The third-order valence-corrected chi connectivity index (χ3v) is 6.13. The van der Waals surface area contributed by atoms with E-state index in [1.54, 1.807) is 4.57 Å². The molecule has 188 valence electrons. The Balaban J connectivity index is 0.000000861. The summed E-state index contributed by atoms with van der Waals surface area (Å²) < 4.78 is 13.1. The maximum atomic E-state index is 13.0. The van der Waals surface area contributed by atoms with Crippen LogP contribution in [0.5, 0.6) is 0 Å². The summed E-state index contributed by atoms with van der Waals surface area (Å²) in [7, 11) is 0. The number of hydrogen-bond acceptors (Lipinski definition) is 3. The van der Waals surface area contributed by atoms with E-state index in [-0.39, 0.29) is 11.8 Å². The first-order valence-electron chi connectivity index (χ1n) is 12.4. The van der Waals surface area contributed by atoms with E-state index in [0.717, 1.165) is 53.5 Å². The second kappa shape index (κ2) is 13.8. The monoisotopic (exact) mass is 503 g/mol. The highest BCUT2D eigenvalue weighted by Crippen LogP contribution is 2.25. The largest absolute Gasteiger partial charge is 0.348 e. The van der Waals surface area contributed by atoms with E-state index in [1.165, 1.54) is 5.56 Å². The molecule has 0 N–H and O–H groups in total. The number of fused-ring (bicyclic) bond motifs is 1. The molecule has 1 aliphatic heterocycles. The van der Waals surface area contributed by atoms with E-state index in [1.807, 2.05) is 74.6 Å². The van der Waals surface area contributed by atoms with Gasteiger partial charge in [0, 0.05) is 28.7 Å². The predicted molar refractivity (Wildman–Crippen MR) is 151 cm³/mol. The molecule has 0 amide bonds. The van der Waals surface area contributed by atoms with Gasteiger partial charge in [0.25, 0.3) is 5.56 Å². The van der Waals surface area contributed by atoms with Gasteiger partial charge in [-0.3, -0.25) is 4.79 Å². The predicted octanol–water partition coefficient (Wildman–Crippen LogP) is 7.83. The van der Waals surface area contributed by atoms with Gasteiger partial charge in [-0.05, 0) is 65.3 Å². The smallest absolute Gasteiger partial charge is 0.258 e. The second-order valence-electron chi connectivity index (χ2n) is 8.04. The molecule has 0 saturated carbocycles. The van der Waals surface area contributed by atoms with Crippen molar-refractivity contribution in [3.8, 4) is 11.1 Å². The minimum absolute atomic E-state index is 0.0331. The first kappa shape index (κ1) is 27.4. The van der Waals surface area contributed by atoms with E-state index in [0.29, 0.717) is 11.6 Å². The number of ether oxygens (including phenoxy) is 2. The Hall–Kier alpha value is -3.18. The fraction of sp³-hybridized carbons (Fsp3) is 0.258. The van der Waals surface area contributed by atoms with Crippen molar-refractivity contribution < 1.29 is 9.47 Å². The van der Waals surface area contributed by atoms with Crippen molar-refractivity contribution in [1.82, 2.24) is 4.57 Å². The maximum Gasteiger partial charge on any atom is 0.258 e. The third kappa shape index (κ3) is 6.73. The second-order valence-corrected chi connectivity index (χ2v) is 8.48.